The van der Waals surface area contributed by atoms with Crippen LogP contribution in [0.15, 0.2) is 0 Å². The van der Waals surface area contributed by atoms with Gasteiger partial charge in [0.2, 0.25) is 10.0 Å². The van der Waals surface area contributed by atoms with Crippen LogP contribution in [-0.4, -0.2) is 39.5 Å². The number of alkyl halides is 3. The third-order valence-corrected chi connectivity index (χ3v) is 4.41. The van der Waals surface area contributed by atoms with E-state index in [1.54, 1.807) is 6.92 Å². The van der Waals surface area contributed by atoms with Gasteiger partial charge in [-0.2, -0.15) is 13.2 Å². The van der Waals surface area contributed by atoms with E-state index in [9.17, 15) is 21.6 Å². The quantitative estimate of drug-likeness (QED) is 0.607. The molecule has 0 aromatic rings. The smallest absolute Gasteiger partial charge is 0.315 e. The van der Waals surface area contributed by atoms with E-state index in [1.165, 1.54) is 0 Å². The minimum absolute atomic E-state index is 0.0521. The molecule has 19 heavy (non-hydrogen) atoms. The second kappa shape index (κ2) is 8.76. The Morgan fingerprint density at radius 2 is 1.79 bits per heavy atom. The first-order chi connectivity index (χ1) is 8.69. The van der Waals surface area contributed by atoms with Crippen molar-refractivity contribution in [1.82, 2.24) is 10.0 Å². The summed E-state index contributed by atoms with van der Waals surface area (Å²) in [5.74, 6) is 0. The molecule has 8 heteroatoms. The summed E-state index contributed by atoms with van der Waals surface area (Å²) in [4.78, 5) is 0. The van der Waals surface area contributed by atoms with Crippen molar-refractivity contribution in [3.05, 3.63) is 0 Å². The van der Waals surface area contributed by atoms with Gasteiger partial charge in [-0.15, -0.1) is 0 Å². The first-order valence-electron chi connectivity index (χ1n) is 6.45. The standard InChI is InChI=1S/C11H23F3N2O2S/c1-3-7-15-9-10(2)19(17,18)16-8-5-4-6-11(12,13)14/h10,15-16H,3-9H2,1-2H3. The summed E-state index contributed by atoms with van der Waals surface area (Å²) in [6.07, 6.45) is -4.00. The highest BCUT2D eigenvalue weighted by Crippen LogP contribution is 2.21. The molecule has 0 aromatic carbocycles. The molecule has 0 radical (unpaired) electrons. The van der Waals surface area contributed by atoms with Crippen LogP contribution in [0.25, 0.3) is 0 Å². The van der Waals surface area contributed by atoms with E-state index < -0.39 is 27.9 Å². The molecule has 1 unspecified atom stereocenters. The van der Waals surface area contributed by atoms with Crippen molar-refractivity contribution in [1.29, 1.82) is 0 Å². The minimum atomic E-state index is -4.17. The predicted octanol–water partition coefficient (Wildman–Crippen LogP) is 2.03. The average molecular weight is 304 g/mol. The SMILES string of the molecule is CCCNCC(C)S(=O)(=O)NCCCCC(F)(F)F. The lowest BCUT2D eigenvalue weighted by Gasteiger charge is -2.14. The summed E-state index contributed by atoms with van der Waals surface area (Å²) in [5, 5.41) is 2.40. The zero-order chi connectivity index (χ0) is 14.9. The van der Waals surface area contributed by atoms with Crippen LogP contribution < -0.4 is 10.0 Å². The number of hydrogen-bond acceptors (Lipinski definition) is 3. The summed E-state index contributed by atoms with van der Waals surface area (Å²) in [6.45, 7) is 4.68. The molecule has 0 saturated heterocycles. The van der Waals surface area contributed by atoms with Gasteiger partial charge in [-0.05, 0) is 32.7 Å². The summed E-state index contributed by atoms with van der Waals surface area (Å²) in [5.41, 5.74) is 0. The van der Waals surface area contributed by atoms with Crippen molar-refractivity contribution < 1.29 is 21.6 Å². The van der Waals surface area contributed by atoms with Crippen LogP contribution in [0, 0.1) is 0 Å². The van der Waals surface area contributed by atoms with Crippen molar-refractivity contribution in [2.24, 2.45) is 0 Å². The predicted molar refractivity (Wildman–Crippen MR) is 69.5 cm³/mol. The molecule has 116 valence electrons. The van der Waals surface area contributed by atoms with Crippen LogP contribution in [0.4, 0.5) is 13.2 Å². The molecule has 0 amide bonds. The van der Waals surface area contributed by atoms with Gasteiger partial charge in [0.25, 0.3) is 0 Å². The van der Waals surface area contributed by atoms with E-state index in [4.69, 9.17) is 0 Å². The van der Waals surface area contributed by atoms with Crippen molar-refractivity contribution in [3.63, 3.8) is 0 Å². The van der Waals surface area contributed by atoms with Crippen LogP contribution in [0.2, 0.25) is 0 Å². The van der Waals surface area contributed by atoms with Crippen LogP contribution in [0.3, 0.4) is 0 Å². The Balaban J connectivity index is 3.84. The first-order valence-corrected chi connectivity index (χ1v) is 7.99. The van der Waals surface area contributed by atoms with Crippen molar-refractivity contribution in [3.8, 4) is 0 Å². The summed E-state index contributed by atoms with van der Waals surface area (Å²) in [7, 11) is -3.45. The van der Waals surface area contributed by atoms with Gasteiger partial charge < -0.3 is 5.32 Å². The molecule has 1 atom stereocenters. The van der Waals surface area contributed by atoms with Crippen LogP contribution in [-0.2, 0) is 10.0 Å². The fraction of sp³-hybridized carbons (Fsp3) is 1.00. The average Bonchev–Trinajstić information content (AvgIpc) is 2.27. The van der Waals surface area contributed by atoms with E-state index in [2.05, 4.69) is 10.0 Å². The lowest BCUT2D eigenvalue weighted by molar-refractivity contribution is -0.135. The monoisotopic (exact) mass is 304 g/mol. The number of nitrogens with one attached hydrogen (secondary N) is 2. The van der Waals surface area contributed by atoms with E-state index in [0.717, 1.165) is 13.0 Å². The van der Waals surface area contributed by atoms with Crippen molar-refractivity contribution >= 4 is 10.0 Å². The van der Waals surface area contributed by atoms with Gasteiger partial charge in [-0.1, -0.05) is 6.92 Å². The van der Waals surface area contributed by atoms with Gasteiger partial charge in [0, 0.05) is 19.5 Å². The fourth-order valence-electron chi connectivity index (χ4n) is 1.40. The zero-order valence-electron chi connectivity index (χ0n) is 11.4. The number of unbranched alkanes of at least 4 members (excludes halogenated alkanes) is 1. The molecule has 0 fully saturated rings. The number of halogens is 3. The molecule has 0 heterocycles. The zero-order valence-corrected chi connectivity index (χ0v) is 12.2. The van der Waals surface area contributed by atoms with Gasteiger partial charge in [0.05, 0.1) is 5.25 Å². The molecular weight excluding hydrogens is 281 g/mol. The molecule has 0 bridgehead atoms. The van der Waals surface area contributed by atoms with Gasteiger partial charge in [-0.3, -0.25) is 0 Å². The minimum Gasteiger partial charge on any atom is -0.315 e. The molecule has 0 spiro atoms. The molecule has 0 aliphatic heterocycles. The van der Waals surface area contributed by atoms with Crippen LogP contribution >= 0.6 is 0 Å². The van der Waals surface area contributed by atoms with Gasteiger partial charge in [-0.25, -0.2) is 13.1 Å². The Hall–Kier alpha value is -0.340. The molecule has 0 aliphatic carbocycles. The molecule has 0 aliphatic rings. The highest BCUT2D eigenvalue weighted by atomic mass is 32.2. The van der Waals surface area contributed by atoms with Gasteiger partial charge >= 0.3 is 6.18 Å². The highest BCUT2D eigenvalue weighted by molar-refractivity contribution is 7.90. The molecule has 0 rings (SSSR count). The maximum absolute atomic E-state index is 11.9. The molecule has 0 saturated carbocycles. The van der Waals surface area contributed by atoms with Gasteiger partial charge in [0.1, 0.15) is 0 Å². The summed E-state index contributed by atoms with van der Waals surface area (Å²) < 4.78 is 61.4. The normalized spacial score (nSPS) is 14.6. The first kappa shape index (κ1) is 18.7. The molecule has 0 aromatic heterocycles. The van der Waals surface area contributed by atoms with E-state index >= 15 is 0 Å². The van der Waals surface area contributed by atoms with E-state index in [1.807, 2.05) is 6.92 Å². The summed E-state index contributed by atoms with van der Waals surface area (Å²) in [6, 6.07) is 0. The third-order valence-electron chi connectivity index (χ3n) is 2.58. The number of rotatable bonds is 10. The Kier molecular flexibility index (Phi) is 8.60. The van der Waals surface area contributed by atoms with Crippen molar-refractivity contribution in [2.75, 3.05) is 19.6 Å². The van der Waals surface area contributed by atoms with Crippen LogP contribution in [0.1, 0.15) is 39.5 Å². The fourth-order valence-corrected chi connectivity index (χ4v) is 2.45. The highest BCUT2D eigenvalue weighted by Gasteiger charge is 2.26. The number of hydrogen-bond donors (Lipinski definition) is 2. The topological polar surface area (TPSA) is 58.2 Å². The second-order valence-corrected chi connectivity index (χ2v) is 6.71. The largest absolute Gasteiger partial charge is 0.389 e. The van der Waals surface area contributed by atoms with Crippen LogP contribution in [0.5, 0.6) is 0 Å². The lowest BCUT2D eigenvalue weighted by Crippen LogP contribution is -2.39. The number of sulfonamides is 1. The second-order valence-electron chi connectivity index (χ2n) is 4.53. The third kappa shape index (κ3) is 10.1. The molecule has 4 nitrogen and oxygen atoms in total. The Morgan fingerprint density at radius 1 is 1.16 bits per heavy atom. The van der Waals surface area contributed by atoms with E-state index in [0.29, 0.717) is 6.54 Å². The molecular formula is C11H23F3N2O2S. The molecule has 2 N–H and O–H groups in total. The Bertz CT molecular complexity index is 331. The van der Waals surface area contributed by atoms with Crippen molar-refractivity contribution in [2.45, 2.75) is 51.0 Å². The summed E-state index contributed by atoms with van der Waals surface area (Å²) >= 11 is 0. The van der Waals surface area contributed by atoms with E-state index in [-0.39, 0.29) is 19.4 Å². The Labute approximate surface area is 113 Å². The lowest BCUT2D eigenvalue weighted by atomic mass is 10.2. The maximum atomic E-state index is 11.9. The maximum Gasteiger partial charge on any atom is 0.389 e. The van der Waals surface area contributed by atoms with Gasteiger partial charge in [0.15, 0.2) is 0 Å². The Morgan fingerprint density at radius 3 is 2.32 bits per heavy atom.